The number of aromatic nitrogens is 3. The minimum Gasteiger partial charge on any atom is -0.480 e. The van der Waals surface area contributed by atoms with Gasteiger partial charge in [0, 0.05) is 44.6 Å². The van der Waals surface area contributed by atoms with Crippen molar-refractivity contribution in [1.29, 1.82) is 0 Å². The van der Waals surface area contributed by atoms with Gasteiger partial charge < -0.3 is 14.9 Å². The molecule has 1 aliphatic heterocycles. The number of likely N-dealkylation sites (tertiary alicyclic amines) is 1. The molecule has 0 spiro atoms. The molecule has 1 N–H and O–H groups in total. The maximum Gasteiger partial charge on any atom is 0.323 e. The molecule has 3 heterocycles. The third kappa shape index (κ3) is 4.54. The van der Waals surface area contributed by atoms with Crippen LogP contribution in [-0.4, -0.2) is 73.1 Å². The SMILES string of the molecule is CC(=O)N(CC(=O)O)C1CCCN(C(=O)c2cc(-n3cccn3)ccn2)CC1. The summed E-state index contributed by atoms with van der Waals surface area (Å²) in [6.45, 7) is 2.05. The van der Waals surface area contributed by atoms with Crippen molar-refractivity contribution in [1.82, 2.24) is 24.6 Å². The third-order valence-corrected chi connectivity index (χ3v) is 4.87. The van der Waals surface area contributed by atoms with E-state index in [9.17, 15) is 14.4 Å². The van der Waals surface area contributed by atoms with Crippen LogP contribution >= 0.6 is 0 Å². The number of carboxylic acid groups (broad SMARTS) is 1. The summed E-state index contributed by atoms with van der Waals surface area (Å²) in [5.41, 5.74) is 1.08. The molecule has 0 saturated carbocycles. The van der Waals surface area contributed by atoms with Crippen molar-refractivity contribution >= 4 is 17.8 Å². The molecule has 2 aromatic rings. The van der Waals surface area contributed by atoms with E-state index < -0.39 is 5.97 Å². The summed E-state index contributed by atoms with van der Waals surface area (Å²) in [5.74, 6) is -1.48. The number of carbonyl (C=O) groups is 3. The quantitative estimate of drug-likeness (QED) is 0.828. The van der Waals surface area contributed by atoms with Crippen LogP contribution in [0.1, 0.15) is 36.7 Å². The van der Waals surface area contributed by atoms with Crippen LogP contribution < -0.4 is 0 Å². The molecular formula is C19H23N5O4. The topological polar surface area (TPSA) is 109 Å². The first-order valence-electron chi connectivity index (χ1n) is 9.20. The van der Waals surface area contributed by atoms with E-state index in [2.05, 4.69) is 10.1 Å². The number of amides is 2. The molecule has 1 atom stereocenters. The van der Waals surface area contributed by atoms with Crippen LogP contribution in [0.15, 0.2) is 36.8 Å². The summed E-state index contributed by atoms with van der Waals surface area (Å²) in [6.07, 6.45) is 6.93. The van der Waals surface area contributed by atoms with Crippen molar-refractivity contribution in [3.63, 3.8) is 0 Å². The van der Waals surface area contributed by atoms with Crippen molar-refractivity contribution in [3.05, 3.63) is 42.5 Å². The Balaban J connectivity index is 1.70. The summed E-state index contributed by atoms with van der Waals surface area (Å²) in [4.78, 5) is 43.1. The van der Waals surface area contributed by atoms with E-state index in [4.69, 9.17) is 5.11 Å². The summed E-state index contributed by atoms with van der Waals surface area (Å²) in [5, 5.41) is 13.2. The highest BCUT2D eigenvalue weighted by Gasteiger charge is 2.28. The van der Waals surface area contributed by atoms with Crippen molar-refractivity contribution in [2.75, 3.05) is 19.6 Å². The lowest BCUT2D eigenvalue weighted by Crippen LogP contribution is -2.43. The van der Waals surface area contributed by atoms with Crippen LogP contribution in [0, 0.1) is 0 Å². The molecule has 1 aliphatic rings. The van der Waals surface area contributed by atoms with Crippen LogP contribution in [0.5, 0.6) is 0 Å². The highest BCUT2D eigenvalue weighted by molar-refractivity contribution is 5.92. The molecule has 0 aromatic carbocycles. The van der Waals surface area contributed by atoms with E-state index in [0.717, 1.165) is 5.69 Å². The fraction of sp³-hybridized carbons (Fsp3) is 0.421. The molecule has 9 heteroatoms. The average Bonchev–Trinajstić information content (AvgIpc) is 3.11. The molecule has 1 saturated heterocycles. The maximum atomic E-state index is 12.9. The molecule has 2 aromatic heterocycles. The molecule has 1 fully saturated rings. The Morgan fingerprint density at radius 3 is 2.75 bits per heavy atom. The van der Waals surface area contributed by atoms with E-state index in [1.807, 2.05) is 0 Å². The fourth-order valence-corrected chi connectivity index (χ4v) is 3.50. The van der Waals surface area contributed by atoms with Gasteiger partial charge in [-0.25, -0.2) is 4.68 Å². The third-order valence-electron chi connectivity index (χ3n) is 4.87. The number of aliphatic carboxylic acids is 1. The average molecular weight is 385 g/mol. The van der Waals surface area contributed by atoms with Crippen LogP contribution in [-0.2, 0) is 9.59 Å². The minimum absolute atomic E-state index is 0.178. The summed E-state index contributed by atoms with van der Waals surface area (Å²) in [7, 11) is 0. The Morgan fingerprint density at radius 2 is 2.07 bits per heavy atom. The van der Waals surface area contributed by atoms with E-state index in [0.29, 0.717) is 38.0 Å². The zero-order valence-corrected chi connectivity index (χ0v) is 15.7. The first kappa shape index (κ1) is 19.5. The smallest absolute Gasteiger partial charge is 0.323 e. The van der Waals surface area contributed by atoms with Gasteiger partial charge in [0.05, 0.1) is 5.69 Å². The molecule has 148 valence electrons. The Hall–Kier alpha value is -3.23. The van der Waals surface area contributed by atoms with Gasteiger partial charge in [-0.1, -0.05) is 0 Å². The lowest BCUT2D eigenvalue weighted by molar-refractivity contribution is -0.145. The van der Waals surface area contributed by atoms with Gasteiger partial charge in [-0.15, -0.1) is 0 Å². The number of hydrogen-bond acceptors (Lipinski definition) is 5. The highest BCUT2D eigenvalue weighted by Crippen LogP contribution is 2.19. The minimum atomic E-state index is -1.04. The van der Waals surface area contributed by atoms with Gasteiger partial charge in [0.1, 0.15) is 12.2 Å². The van der Waals surface area contributed by atoms with Crippen molar-refractivity contribution in [2.24, 2.45) is 0 Å². The second kappa shape index (κ2) is 8.64. The number of pyridine rings is 1. The monoisotopic (exact) mass is 385 g/mol. The zero-order valence-electron chi connectivity index (χ0n) is 15.7. The lowest BCUT2D eigenvalue weighted by atomic mass is 10.1. The molecule has 28 heavy (non-hydrogen) atoms. The van der Waals surface area contributed by atoms with Gasteiger partial charge >= 0.3 is 5.97 Å². The number of nitrogens with zero attached hydrogens (tertiary/aromatic N) is 5. The van der Waals surface area contributed by atoms with Gasteiger partial charge in [0.25, 0.3) is 5.91 Å². The standard InChI is InChI=1S/C19H23N5O4/c1-14(25)23(13-18(26)27)15-4-2-9-22(11-6-15)19(28)17-12-16(5-8-20-17)24-10-3-7-21-24/h3,5,7-8,10,12,15H,2,4,6,9,11,13H2,1H3,(H,26,27). The normalized spacial score (nSPS) is 17.0. The number of carbonyl (C=O) groups excluding carboxylic acids is 2. The van der Waals surface area contributed by atoms with E-state index >= 15 is 0 Å². The van der Waals surface area contributed by atoms with E-state index in [1.54, 1.807) is 46.4 Å². The molecule has 3 rings (SSSR count). The second-order valence-electron chi connectivity index (χ2n) is 6.77. The van der Waals surface area contributed by atoms with Gasteiger partial charge in [-0.2, -0.15) is 5.10 Å². The second-order valence-corrected chi connectivity index (χ2v) is 6.77. The number of carboxylic acids is 1. The largest absolute Gasteiger partial charge is 0.480 e. The summed E-state index contributed by atoms with van der Waals surface area (Å²) >= 11 is 0. The zero-order chi connectivity index (χ0) is 20.1. The Bertz CT molecular complexity index is 852. The van der Waals surface area contributed by atoms with E-state index in [-0.39, 0.29) is 24.4 Å². The highest BCUT2D eigenvalue weighted by atomic mass is 16.4. The Labute approximate surface area is 162 Å². The molecule has 0 bridgehead atoms. The van der Waals surface area contributed by atoms with Crippen molar-refractivity contribution < 1.29 is 19.5 Å². The van der Waals surface area contributed by atoms with Gasteiger partial charge in [-0.05, 0) is 37.5 Å². The summed E-state index contributed by atoms with van der Waals surface area (Å²) in [6, 6.07) is 5.09. The fourth-order valence-electron chi connectivity index (χ4n) is 3.50. The lowest BCUT2D eigenvalue weighted by Gasteiger charge is -2.28. The summed E-state index contributed by atoms with van der Waals surface area (Å²) < 4.78 is 1.66. The van der Waals surface area contributed by atoms with E-state index in [1.165, 1.54) is 11.8 Å². The molecule has 0 radical (unpaired) electrons. The Kier molecular flexibility index (Phi) is 6.03. The van der Waals surface area contributed by atoms with Crippen molar-refractivity contribution in [3.8, 4) is 5.69 Å². The van der Waals surface area contributed by atoms with Gasteiger partial charge in [0.15, 0.2) is 0 Å². The van der Waals surface area contributed by atoms with Gasteiger partial charge in [0.2, 0.25) is 5.91 Å². The number of rotatable bonds is 5. The predicted molar refractivity (Wildman–Crippen MR) is 99.9 cm³/mol. The van der Waals surface area contributed by atoms with Crippen LogP contribution in [0.2, 0.25) is 0 Å². The molecule has 0 aliphatic carbocycles. The Morgan fingerprint density at radius 1 is 1.25 bits per heavy atom. The first-order chi connectivity index (χ1) is 13.5. The molecular weight excluding hydrogens is 362 g/mol. The van der Waals surface area contributed by atoms with Gasteiger partial charge in [-0.3, -0.25) is 19.4 Å². The predicted octanol–water partition coefficient (Wildman–Crippen LogP) is 1.20. The molecule has 1 unspecified atom stereocenters. The maximum absolute atomic E-state index is 12.9. The van der Waals surface area contributed by atoms with Crippen LogP contribution in [0.25, 0.3) is 5.69 Å². The van der Waals surface area contributed by atoms with Crippen molar-refractivity contribution in [2.45, 2.75) is 32.2 Å². The van der Waals surface area contributed by atoms with Crippen LogP contribution in [0.4, 0.5) is 0 Å². The first-order valence-corrected chi connectivity index (χ1v) is 9.20. The number of hydrogen-bond donors (Lipinski definition) is 1. The molecule has 9 nitrogen and oxygen atoms in total. The van der Waals surface area contributed by atoms with Crippen LogP contribution in [0.3, 0.4) is 0 Å². The molecule has 2 amide bonds.